The maximum absolute atomic E-state index is 13.7. The van der Waals surface area contributed by atoms with Crippen molar-refractivity contribution in [1.82, 2.24) is 10.2 Å². The van der Waals surface area contributed by atoms with Gasteiger partial charge in [-0.15, -0.1) is 0 Å². The second kappa shape index (κ2) is 11.3. The number of carbonyl (C=O) groups excluding carboxylic acids is 2. The number of likely N-dealkylation sites (N-methyl/N-ethyl adjacent to an activating group) is 1. The Morgan fingerprint density at radius 2 is 1.38 bits per heavy atom. The first-order valence-corrected chi connectivity index (χ1v) is 11.2. The summed E-state index contributed by atoms with van der Waals surface area (Å²) in [5.74, 6) is -0.240. The van der Waals surface area contributed by atoms with Gasteiger partial charge < -0.3 is 10.2 Å². The molecule has 0 saturated carbocycles. The van der Waals surface area contributed by atoms with E-state index in [4.69, 9.17) is 0 Å². The standard InChI is InChI=1S/C28H32N2O2/c1-4-26(28(32)29-3)30(20-22-17-15-21(2)16-18-22)27(31)19-25(23-11-7-5-8-12-23)24-13-9-6-10-14-24/h5-18,25-26H,4,19-20H2,1-3H3,(H,29,32). The van der Waals surface area contributed by atoms with Gasteiger partial charge in [-0.25, -0.2) is 0 Å². The third kappa shape index (κ3) is 5.85. The van der Waals surface area contributed by atoms with Gasteiger partial charge in [0.2, 0.25) is 11.8 Å². The topological polar surface area (TPSA) is 49.4 Å². The molecule has 32 heavy (non-hydrogen) atoms. The number of hydrogen-bond acceptors (Lipinski definition) is 2. The first-order chi connectivity index (χ1) is 15.5. The number of nitrogens with zero attached hydrogens (tertiary/aromatic N) is 1. The van der Waals surface area contributed by atoms with Gasteiger partial charge in [0.25, 0.3) is 0 Å². The fraction of sp³-hybridized carbons (Fsp3) is 0.286. The third-order valence-corrected chi connectivity index (χ3v) is 5.89. The van der Waals surface area contributed by atoms with Gasteiger partial charge in [-0.1, -0.05) is 97.4 Å². The number of hydrogen-bond donors (Lipinski definition) is 1. The molecule has 1 atom stereocenters. The molecule has 3 aromatic rings. The van der Waals surface area contributed by atoms with Crippen LogP contribution in [-0.2, 0) is 16.1 Å². The van der Waals surface area contributed by atoms with Crippen molar-refractivity contribution < 1.29 is 9.59 Å². The number of amides is 2. The number of nitrogens with one attached hydrogen (secondary N) is 1. The van der Waals surface area contributed by atoms with Crippen molar-refractivity contribution in [3.05, 3.63) is 107 Å². The zero-order chi connectivity index (χ0) is 22.9. The van der Waals surface area contributed by atoms with Gasteiger partial charge in [-0.05, 0) is 30.0 Å². The molecule has 0 aliphatic rings. The van der Waals surface area contributed by atoms with Gasteiger partial charge in [-0.3, -0.25) is 9.59 Å². The molecule has 1 N–H and O–H groups in total. The van der Waals surface area contributed by atoms with Crippen LogP contribution >= 0.6 is 0 Å². The molecule has 0 aliphatic heterocycles. The van der Waals surface area contributed by atoms with E-state index in [9.17, 15) is 9.59 Å². The molecule has 0 aliphatic carbocycles. The minimum atomic E-state index is -0.513. The van der Waals surface area contributed by atoms with E-state index in [0.717, 1.165) is 22.3 Å². The molecule has 0 spiro atoms. The Morgan fingerprint density at radius 1 is 0.844 bits per heavy atom. The number of aryl methyl sites for hydroxylation is 1. The zero-order valence-corrected chi connectivity index (χ0v) is 19.1. The van der Waals surface area contributed by atoms with Crippen molar-refractivity contribution in [3.63, 3.8) is 0 Å². The first-order valence-electron chi connectivity index (χ1n) is 11.2. The fourth-order valence-corrected chi connectivity index (χ4v) is 4.07. The van der Waals surface area contributed by atoms with Gasteiger partial charge in [0.05, 0.1) is 0 Å². The molecule has 0 bridgehead atoms. The van der Waals surface area contributed by atoms with Crippen LogP contribution in [0.5, 0.6) is 0 Å². The highest BCUT2D eigenvalue weighted by Gasteiger charge is 2.30. The summed E-state index contributed by atoms with van der Waals surface area (Å²) in [7, 11) is 1.62. The lowest BCUT2D eigenvalue weighted by atomic mass is 9.88. The van der Waals surface area contributed by atoms with Crippen LogP contribution in [0.25, 0.3) is 0 Å². The van der Waals surface area contributed by atoms with E-state index in [1.165, 1.54) is 0 Å². The van der Waals surface area contributed by atoms with Crippen LogP contribution in [0.15, 0.2) is 84.9 Å². The van der Waals surface area contributed by atoms with Crippen LogP contribution in [0.2, 0.25) is 0 Å². The van der Waals surface area contributed by atoms with Crippen molar-refractivity contribution in [3.8, 4) is 0 Å². The average Bonchev–Trinajstić information content (AvgIpc) is 2.84. The summed E-state index contributed by atoms with van der Waals surface area (Å²) < 4.78 is 0. The summed E-state index contributed by atoms with van der Waals surface area (Å²) in [5.41, 5.74) is 4.37. The largest absolute Gasteiger partial charge is 0.357 e. The molecular formula is C28H32N2O2. The average molecular weight is 429 g/mol. The van der Waals surface area contributed by atoms with Gasteiger partial charge >= 0.3 is 0 Å². The summed E-state index contributed by atoms with van der Waals surface area (Å²) in [6.45, 7) is 4.39. The second-order valence-corrected chi connectivity index (χ2v) is 8.12. The summed E-state index contributed by atoms with van der Waals surface area (Å²) in [4.78, 5) is 28.1. The molecule has 2 amide bonds. The van der Waals surface area contributed by atoms with E-state index >= 15 is 0 Å². The summed E-state index contributed by atoms with van der Waals surface area (Å²) in [6.07, 6.45) is 0.853. The fourth-order valence-electron chi connectivity index (χ4n) is 4.07. The predicted octanol–water partition coefficient (Wildman–Crippen LogP) is 5.07. The monoisotopic (exact) mass is 428 g/mol. The SMILES string of the molecule is CCC(C(=O)NC)N(Cc1ccc(C)cc1)C(=O)CC(c1ccccc1)c1ccccc1. The number of carbonyl (C=O) groups is 2. The molecular weight excluding hydrogens is 396 g/mol. The lowest BCUT2D eigenvalue weighted by Crippen LogP contribution is -2.48. The van der Waals surface area contributed by atoms with Gasteiger partial charge in [0.15, 0.2) is 0 Å². The van der Waals surface area contributed by atoms with Crippen LogP contribution in [0.4, 0.5) is 0 Å². The number of rotatable bonds is 9. The van der Waals surface area contributed by atoms with E-state index in [1.807, 2.05) is 74.5 Å². The third-order valence-electron chi connectivity index (χ3n) is 5.89. The van der Waals surface area contributed by atoms with Gasteiger partial charge in [0.1, 0.15) is 6.04 Å². The van der Waals surface area contributed by atoms with E-state index < -0.39 is 6.04 Å². The van der Waals surface area contributed by atoms with E-state index in [1.54, 1.807) is 11.9 Å². The smallest absolute Gasteiger partial charge is 0.242 e. The molecule has 166 valence electrons. The molecule has 4 heteroatoms. The van der Waals surface area contributed by atoms with Crippen LogP contribution in [0.3, 0.4) is 0 Å². The minimum Gasteiger partial charge on any atom is -0.357 e. The molecule has 0 radical (unpaired) electrons. The van der Waals surface area contributed by atoms with Crippen LogP contribution < -0.4 is 5.32 Å². The summed E-state index contributed by atoms with van der Waals surface area (Å²) >= 11 is 0. The van der Waals surface area contributed by atoms with Crippen molar-refractivity contribution in [2.75, 3.05) is 7.05 Å². The van der Waals surface area contributed by atoms with Crippen LogP contribution in [0, 0.1) is 6.92 Å². The molecule has 0 fully saturated rings. The highest BCUT2D eigenvalue weighted by atomic mass is 16.2. The molecule has 3 rings (SSSR count). The second-order valence-electron chi connectivity index (χ2n) is 8.12. The van der Waals surface area contributed by atoms with E-state index in [0.29, 0.717) is 19.4 Å². The molecule has 1 unspecified atom stereocenters. The highest BCUT2D eigenvalue weighted by molar-refractivity contribution is 5.88. The van der Waals surface area contributed by atoms with E-state index in [2.05, 4.69) is 29.6 Å². The highest BCUT2D eigenvalue weighted by Crippen LogP contribution is 2.29. The molecule has 0 heterocycles. The Morgan fingerprint density at radius 3 is 1.84 bits per heavy atom. The maximum atomic E-state index is 13.7. The Kier molecular flexibility index (Phi) is 8.20. The Labute approximate surface area is 191 Å². The molecule has 4 nitrogen and oxygen atoms in total. The minimum absolute atomic E-state index is 0.0290. The predicted molar refractivity (Wildman–Crippen MR) is 129 cm³/mol. The zero-order valence-electron chi connectivity index (χ0n) is 19.1. The van der Waals surface area contributed by atoms with Gasteiger partial charge in [0, 0.05) is 25.9 Å². The van der Waals surface area contributed by atoms with Crippen molar-refractivity contribution in [1.29, 1.82) is 0 Å². The summed E-state index contributed by atoms with van der Waals surface area (Å²) in [5, 5.41) is 2.73. The normalized spacial score (nSPS) is 11.8. The first kappa shape index (κ1) is 23.3. The van der Waals surface area contributed by atoms with Crippen LogP contribution in [-0.4, -0.2) is 29.8 Å². The Bertz CT molecular complexity index is 961. The van der Waals surface area contributed by atoms with Crippen molar-refractivity contribution in [2.24, 2.45) is 0 Å². The molecule has 3 aromatic carbocycles. The van der Waals surface area contributed by atoms with Gasteiger partial charge in [-0.2, -0.15) is 0 Å². The lowest BCUT2D eigenvalue weighted by molar-refractivity contribution is -0.141. The van der Waals surface area contributed by atoms with Crippen LogP contribution in [0.1, 0.15) is 47.9 Å². The van der Waals surface area contributed by atoms with Crippen molar-refractivity contribution >= 4 is 11.8 Å². The van der Waals surface area contributed by atoms with Crippen molar-refractivity contribution in [2.45, 2.75) is 45.2 Å². The Balaban J connectivity index is 1.94. The molecule has 0 aromatic heterocycles. The lowest BCUT2D eigenvalue weighted by Gasteiger charge is -2.32. The number of benzene rings is 3. The quantitative estimate of drug-likeness (QED) is 0.517. The maximum Gasteiger partial charge on any atom is 0.242 e. The Hall–Kier alpha value is -3.40. The van der Waals surface area contributed by atoms with E-state index in [-0.39, 0.29) is 17.7 Å². The summed E-state index contributed by atoms with van der Waals surface area (Å²) in [6, 6.07) is 27.8. The molecule has 0 saturated heterocycles.